The van der Waals surface area contributed by atoms with Crippen LogP contribution >= 0.6 is 0 Å². The van der Waals surface area contributed by atoms with Gasteiger partial charge >= 0.3 is 6.09 Å². The van der Waals surface area contributed by atoms with Gasteiger partial charge in [0.05, 0.1) is 7.11 Å². The lowest BCUT2D eigenvalue weighted by atomic mass is 9.93. The van der Waals surface area contributed by atoms with Gasteiger partial charge in [0.1, 0.15) is 11.4 Å². The molecule has 0 fully saturated rings. The molecule has 0 aromatic heterocycles. The normalized spacial score (nSPS) is 18.5. The standard InChI is InChI=1S/C17H23NO3/c1-17(2,3)21-16(19)18-11-9-14(10-12-18)13-5-7-15(20-4)8-6-13/h5-9,11,14H,10,12H2,1-4H3/t14-/m1/s1. The number of carbonyl (C=O) groups is 1. The zero-order valence-corrected chi connectivity index (χ0v) is 13.1. The van der Waals surface area contributed by atoms with Gasteiger partial charge in [-0.25, -0.2) is 4.79 Å². The first kappa shape index (κ1) is 15.4. The van der Waals surface area contributed by atoms with Gasteiger partial charge in [-0.3, -0.25) is 4.90 Å². The number of rotatable bonds is 2. The van der Waals surface area contributed by atoms with Crippen molar-refractivity contribution in [1.29, 1.82) is 0 Å². The highest BCUT2D eigenvalue weighted by Crippen LogP contribution is 2.27. The summed E-state index contributed by atoms with van der Waals surface area (Å²) in [5.41, 5.74) is 0.772. The van der Waals surface area contributed by atoms with E-state index in [1.807, 2.05) is 39.1 Å². The van der Waals surface area contributed by atoms with E-state index in [9.17, 15) is 4.79 Å². The molecule has 0 saturated carbocycles. The number of amides is 1. The number of carbonyl (C=O) groups excluding carboxylic acids is 1. The maximum atomic E-state index is 12.0. The molecule has 1 amide bonds. The minimum atomic E-state index is -0.461. The van der Waals surface area contributed by atoms with E-state index in [1.165, 1.54) is 5.56 Å². The van der Waals surface area contributed by atoms with Crippen molar-refractivity contribution in [2.45, 2.75) is 38.7 Å². The summed E-state index contributed by atoms with van der Waals surface area (Å²) >= 11 is 0. The second-order valence-corrected chi connectivity index (χ2v) is 6.18. The molecule has 0 bridgehead atoms. The van der Waals surface area contributed by atoms with Crippen LogP contribution in [0.2, 0.25) is 0 Å². The molecule has 0 spiro atoms. The predicted molar refractivity (Wildman–Crippen MR) is 82.4 cm³/mol. The molecule has 2 rings (SSSR count). The number of nitrogens with zero attached hydrogens (tertiary/aromatic N) is 1. The average Bonchev–Trinajstić information content (AvgIpc) is 2.46. The van der Waals surface area contributed by atoms with Crippen molar-refractivity contribution in [2.75, 3.05) is 13.7 Å². The zero-order chi connectivity index (χ0) is 15.5. The molecular formula is C17H23NO3. The first-order valence-electron chi connectivity index (χ1n) is 7.21. The van der Waals surface area contributed by atoms with Crippen molar-refractivity contribution in [3.8, 4) is 5.75 Å². The topological polar surface area (TPSA) is 38.8 Å². The number of allylic oxidation sites excluding steroid dienone is 1. The van der Waals surface area contributed by atoms with Crippen molar-refractivity contribution < 1.29 is 14.3 Å². The van der Waals surface area contributed by atoms with Gasteiger partial charge in [-0.1, -0.05) is 18.2 Å². The largest absolute Gasteiger partial charge is 0.497 e. The highest BCUT2D eigenvalue weighted by Gasteiger charge is 2.24. The van der Waals surface area contributed by atoms with Crippen LogP contribution in [0.5, 0.6) is 5.75 Å². The Morgan fingerprint density at radius 1 is 1.24 bits per heavy atom. The van der Waals surface area contributed by atoms with Crippen molar-refractivity contribution in [3.05, 3.63) is 42.1 Å². The monoisotopic (exact) mass is 289 g/mol. The van der Waals surface area contributed by atoms with E-state index in [1.54, 1.807) is 12.0 Å². The van der Waals surface area contributed by atoms with Crippen LogP contribution < -0.4 is 4.74 Å². The van der Waals surface area contributed by atoms with Gasteiger partial charge in [0.25, 0.3) is 0 Å². The molecule has 0 aliphatic carbocycles. The van der Waals surface area contributed by atoms with E-state index >= 15 is 0 Å². The average molecular weight is 289 g/mol. The van der Waals surface area contributed by atoms with E-state index in [0.29, 0.717) is 12.5 Å². The molecule has 1 aliphatic rings. The molecule has 1 heterocycles. The Kier molecular flexibility index (Phi) is 4.56. The van der Waals surface area contributed by atoms with Crippen LogP contribution in [0, 0.1) is 0 Å². The summed E-state index contributed by atoms with van der Waals surface area (Å²) in [6, 6.07) is 8.06. The van der Waals surface area contributed by atoms with Gasteiger partial charge in [0.2, 0.25) is 0 Å². The summed E-state index contributed by atoms with van der Waals surface area (Å²) in [6.07, 6.45) is 4.48. The third-order valence-electron chi connectivity index (χ3n) is 3.35. The van der Waals surface area contributed by atoms with E-state index in [4.69, 9.17) is 9.47 Å². The van der Waals surface area contributed by atoms with E-state index in [2.05, 4.69) is 18.2 Å². The molecule has 1 aromatic rings. The molecule has 1 atom stereocenters. The van der Waals surface area contributed by atoms with Crippen LogP contribution in [-0.2, 0) is 4.74 Å². The van der Waals surface area contributed by atoms with Crippen LogP contribution in [0.3, 0.4) is 0 Å². The summed E-state index contributed by atoms with van der Waals surface area (Å²) in [5.74, 6) is 1.18. The smallest absolute Gasteiger partial charge is 0.414 e. The second-order valence-electron chi connectivity index (χ2n) is 6.18. The minimum absolute atomic E-state index is 0.285. The van der Waals surface area contributed by atoms with Crippen LogP contribution in [-0.4, -0.2) is 30.2 Å². The van der Waals surface area contributed by atoms with Crippen LogP contribution in [0.4, 0.5) is 4.79 Å². The Balaban J connectivity index is 1.99. The zero-order valence-electron chi connectivity index (χ0n) is 13.1. The second kappa shape index (κ2) is 6.20. The maximum absolute atomic E-state index is 12.0. The van der Waals surface area contributed by atoms with E-state index in [-0.39, 0.29) is 6.09 Å². The molecular weight excluding hydrogens is 266 g/mol. The third-order valence-corrected chi connectivity index (χ3v) is 3.35. The van der Waals surface area contributed by atoms with Crippen LogP contribution in [0.25, 0.3) is 0 Å². The SMILES string of the molecule is COc1ccc([C@@H]2C=CN(C(=O)OC(C)(C)C)CC2)cc1. The van der Waals surface area contributed by atoms with Crippen molar-refractivity contribution in [3.63, 3.8) is 0 Å². The first-order valence-corrected chi connectivity index (χ1v) is 7.21. The molecule has 114 valence electrons. The van der Waals surface area contributed by atoms with E-state index < -0.39 is 5.60 Å². The molecule has 1 aromatic carbocycles. The van der Waals surface area contributed by atoms with Gasteiger partial charge in [-0.2, -0.15) is 0 Å². The highest BCUT2D eigenvalue weighted by molar-refractivity contribution is 5.69. The summed E-state index contributed by atoms with van der Waals surface area (Å²) in [4.78, 5) is 13.6. The number of methoxy groups -OCH3 is 1. The molecule has 1 aliphatic heterocycles. The van der Waals surface area contributed by atoms with Gasteiger partial charge in [0, 0.05) is 18.7 Å². The third kappa shape index (κ3) is 4.25. The summed E-state index contributed by atoms with van der Waals surface area (Å²) < 4.78 is 10.5. The molecule has 0 saturated heterocycles. The van der Waals surface area contributed by atoms with Crippen molar-refractivity contribution in [1.82, 2.24) is 4.90 Å². The molecule has 0 unspecified atom stereocenters. The fourth-order valence-electron chi connectivity index (χ4n) is 2.26. The van der Waals surface area contributed by atoms with E-state index in [0.717, 1.165) is 12.2 Å². The first-order chi connectivity index (χ1) is 9.89. The fourth-order valence-corrected chi connectivity index (χ4v) is 2.26. The Morgan fingerprint density at radius 2 is 1.90 bits per heavy atom. The Labute approximate surface area is 126 Å². The van der Waals surface area contributed by atoms with Crippen LogP contribution in [0.15, 0.2) is 36.5 Å². The van der Waals surface area contributed by atoms with Gasteiger partial charge < -0.3 is 9.47 Å². The number of ether oxygens (including phenoxy) is 2. The van der Waals surface area contributed by atoms with Gasteiger partial charge in [0.15, 0.2) is 0 Å². The van der Waals surface area contributed by atoms with Crippen LogP contribution in [0.1, 0.15) is 38.7 Å². The number of hydrogen-bond donors (Lipinski definition) is 0. The molecule has 0 N–H and O–H groups in total. The fraction of sp³-hybridized carbons (Fsp3) is 0.471. The number of benzene rings is 1. The lowest BCUT2D eigenvalue weighted by Crippen LogP contribution is -2.36. The van der Waals surface area contributed by atoms with Gasteiger partial charge in [-0.15, -0.1) is 0 Å². The van der Waals surface area contributed by atoms with Gasteiger partial charge in [-0.05, 0) is 44.9 Å². The Morgan fingerprint density at radius 3 is 2.38 bits per heavy atom. The predicted octanol–water partition coefficient (Wildman–Crippen LogP) is 3.93. The summed E-state index contributed by atoms with van der Waals surface area (Å²) in [5, 5.41) is 0. The summed E-state index contributed by atoms with van der Waals surface area (Å²) in [7, 11) is 1.66. The lowest BCUT2D eigenvalue weighted by molar-refractivity contribution is 0.0324. The molecule has 4 nitrogen and oxygen atoms in total. The Hall–Kier alpha value is -1.97. The van der Waals surface area contributed by atoms with Crippen molar-refractivity contribution in [2.24, 2.45) is 0 Å². The lowest BCUT2D eigenvalue weighted by Gasteiger charge is -2.29. The molecule has 0 radical (unpaired) electrons. The number of hydrogen-bond acceptors (Lipinski definition) is 3. The molecule has 21 heavy (non-hydrogen) atoms. The maximum Gasteiger partial charge on any atom is 0.414 e. The van der Waals surface area contributed by atoms with Crippen molar-refractivity contribution >= 4 is 6.09 Å². The minimum Gasteiger partial charge on any atom is -0.497 e. The highest BCUT2D eigenvalue weighted by atomic mass is 16.6. The quantitative estimate of drug-likeness (QED) is 0.828. The Bertz CT molecular complexity index is 514. The molecule has 4 heteroatoms. The summed E-state index contributed by atoms with van der Waals surface area (Å²) in [6.45, 7) is 6.29.